The Morgan fingerprint density at radius 1 is 1.29 bits per heavy atom. The predicted molar refractivity (Wildman–Crippen MR) is 87.5 cm³/mol. The van der Waals surface area contributed by atoms with Crippen LogP contribution in [-0.4, -0.2) is 43.0 Å². The number of hydrogen-bond donors (Lipinski definition) is 3. The minimum atomic E-state index is -0.724. The monoisotopic (exact) mass is 331 g/mol. The number of benzene rings is 1. The van der Waals surface area contributed by atoms with E-state index in [4.69, 9.17) is 4.74 Å². The first-order valence-electron chi connectivity index (χ1n) is 8.22. The summed E-state index contributed by atoms with van der Waals surface area (Å²) in [4.78, 5) is 36.3. The number of amides is 3. The van der Waals surface area contributed by atoms with Crippen LogP contribution < -0.4 is 16.0 Å². The van der Waals surface area contributed by atoms with Crippen LogP contribution in [0.1, 0.15) is 36.0 Å². The standard InChI is InChI=1S/C17H21N3O4/c21-15(18-10-11-4-3-9-24-11)8-7-14-17(23)19-13-6-2-1-5-12(13)16(22)20-14/h1-2,5-6,11,14H,3-4,7-10H2,(H,18,21)(H,19,23)(H,20,22)/t11-,14+/m0/s1. The number of carbonyl (C=O) groups excluding carboxylic acids is 3. The smallest absolute Gasteiger partial charge is 0.254 e. The molecule has 3 amide bonds. The molecule has 1 aromatic carbocycles. The van der Waals surface area contributed by atoms with Gasteiger partial charge in [0.1, 0.15) is 6.04 Å². The van der Waals surface area contributed by atoms with Crippen molar-refractivity contribution in [3.8, 4) is 0 Å². The summed E-state index contributed by atoms with van der Waals surface area (Å²) in [6, 6.07) is 6.11. The van der Waals surface area contributed by atoms with Crippen molar-refractivity contribution in [1.29, 1.82) is 0 Å². The quantitative estimate of drug-likeness (QED) is 0.744. The highest BCUT2D eigenvalue weighted by Gasteiger charge is 2.28. The Labute approximate surface area is 140 Å². The molecular formula is C17H21N3O4. The van der Waals surface area contributed by atoms with E-state index in [1.54, 1.807) is 24.3 Å². The largest absolute Gasteiger partial charge is 0.376 e. The number of rotatable bonds is 5. The molecule has 2 heterocycles. The molecule has 0 aromatic heterocycles. The van der Waals surface area contributed by atoms with Gasteiger partial charge in [-0.1, -0.05) is 12.1 Å². The summed E-state index contributed by atoms with van der Waals surface area (Å²) in [5.74, 6) is -0.761. The van der Waals surface area contributed by atoms with Gasteiger partial charge < -0.3 is 20.7 Å². The summed E-state index contributed by atoms with van der Waals surface area (Å²) in [5, 5.41) is 8.23. The van der Waals surface area contributed by atoms with Crippen LogP contribution in [0.4, 0.5) is 5.69 Å². The van der Waals surface area contributed by atoms with Gasteiger partial charge in [-0.05, 0) is 31.4 Å². The molecule has 2 aliphatic heterocycles. The van der Waals surface area contributed by atoms with Crippen LogP contribution in [0, 0.1) is 0 Å². The van der Waals surface area contributed by atoms with Gasteiger partial charge in [0.2, 0.25) is 11.8 Å². The van der Waals surface area contributed by atoms with Crippen LogP contribution in [0.2, 0.25) is 0 Å². The van der Waals surface area contributed by atoms with Gasteiger partial charge in [0.05, 0.1) is 17.4 Å². The van der Waals surface area contributed by atoms with E-state index in [0.717, 1.165) is 19.4 Å². The lowest BCUT2D eigenvalue weighted by atomic mass is 10.1. The van der Waals surface area contributed by atoms with E-state index < -0.39 is 6.04 Å². The van der Waals surface area contributed by atoms with Gasteiger partial charge in [-0.15, -0.1) is 0 Å². The van der Waals surface area contributed by atoms with Gasteiger partial charge in [-0.3, -0.25) is 14.4 Å². The summed E-state index contributed by atoms with van der Waals surface area (Å²) in [6.07, 6.45) is 2.49. The van der Waals surface area contributed by atoms with Gasteiger partial charge in [0.15, 0.2) is 0 Å². The Kier molecular flexibility index (Phi) is 5.10. The second kappa shape index (κ2) is 7.44. The summed E-state index contributed by atoms with van der Waals surface area (Å²) in [7, 11) is 0. The van der Waals surface area contributed by atoms with Gasteiger partial charge >= 0.3 is 0 Å². The highest BCUT2D eigenvalue weighted by atomic mass is 16.5. The Hall–Kier alpha value is -2.41. The fourth-order valence-electron chi connectivity index (χ4n) is 2.91. The van der Waals surface area contributed by atoms with E-state index in [1.165, 1.54) is 0 Å². The van der Waals surface area contributed by atoms with Crippen LogP contribution in [0.5, 0.6) is 0 Å². The molecule has 7 nitrogen and oxygen atoms in total. The lowest BCUT2D eigenvalue weighted by Crippen LogP contribution is -2.42. The zero-order valence-electron chi connectivity index (χ0n) is 13.3. The molecule has 0 spiro atoms. The summed E-state index contributed by atoms with van der Waals surface area (Å²) in [6.45, 7) is 1.24. The maximum atomic E-state index is 12.2. The van der Waals surface area contributed by atoms with Crippen molar-refractivity contribution < 1.29 is 19.1 Å². The second-order valence-electron chi connectivity index (χ2n) is 6.04. The molecule has 1 fully saturated rings. The highest BCUT2D eigenvalue weighted by Crippen LogP contribution is 2.19. The number of ether oxygens (including phenoxy) is 1. The molecular weight excluding hydrogens is 310 g/mol. The maximum Gasteiger partial charge on any atom is 0.254 e. The van der Waals surface area contributed by atoms with Gasteiger partial charge in [-0.25, -0.2) is 0 Å². The third-order valence-corrected chi connectivity index (χ3v) is 4.26. The number of fused-ring (bicyclic) bond motifs is 1. The first-order chi connectivity index (χ1) is 11.6. The molecule has 3 rings (SSSR count). The molecule has 0 bridgehead atoms. The van der Waals surface area contributed by atoms with Crippen molar-refractivity contribution in [2.45, 2.75) is 37.8 Å². The average molecular weight is 331 g/mol. The normalized spacial score (nSPS) is 23.0. The van der Waals surface area contributed by atoms with E-state index in [9.17, 15) is 14.4 Å². The summed E-state index contributed by atoms with van der Waals surface area (Å²) in [5.41, 5.74) is 0.918. The Morgan fingerprint density at radius 3 is 2.92 bits per heavy atom. The fourth-order valence-corrected chi connectivity index (χ4v) is 2.91. The van der Waals surface area contributed by atoms with Gasteiger partial charge in [0, 0.05) is 19.6 Å². The molecule has 0 saturated carbocycles. The van der Waals surface area contributed by atoms with Gasteiger partial charge in [0.25, 0.3) is 5.91 Å². The van der Waals surface area contributed by atoms with Crippen molar-refractivity contribution in [2.75, 3.05) is 18.5 Å². The van der Waals surface area contributed by atoms with Crippen LogP contribution in [-0.2, 0) is 14.3 Å². The van der Waals surface area contributed by atoms with E-state index in [1.807, 2.05) is 0 Å². The molecule has 128 valence electrons. The Bertz CT molecular complexity index is 640. The number of nitrogens with one attached hydrogen (secondary N) is 3. The van der Waals surface area contributed by atoms with E-state index in [2.05, 4.69) is 16.0 Å². The second-order valence-corrected chi connectivity index (χ2v) is 6.04. The first-order valence-corrected chi connectivity index (χ1v) is 8.22. The van der Waals surface area contributed by atoms with E-state index in [0.29, 0.717) is 17.8 Å². The lowest BCUT2D eigenvalue weighted by molar-refractivity contribution is -0.122. The SMILES string of the molecule is O=C(CC[C@H]1NC(=O)c2ccccc2NC1=O)NC[C@@H]1CCCO1. The van der Waals surface area contributed by atoms with Crippen LogP contribution in [0.25, 0.3) is 0 Å². The number of para-hydroxylation sites is 1. The molecule has 0 unspecified atom stereocenters. The predicted octanol–water partition coefficient (Wildman–Crippen LogP) is 0.812. The number of anilines is 1. The minimum absolute atomic E-state index is 0.0873. The molecule has 1 saturated heterocycles. The van der Waals surface area contributed by atoms with Crippen molar-refractivity contribution in [3.63, 3.8) is 0 Å². The lowest BCUT2D eigenvalue weighted by Gasteiger charge is -2.15. The zero-order chi connectivity index (χ0) is 16.9. The topological polar surface area (TPSA) is 96.5 Å². The van der Waals surface area contributed by atoms with Crippen LogP contribution >= 0.6 is 0 Å². The van der Waals surface area contributed by atoms with E-state index in [-0.39, 0.29) is 36.7 Å². The Balaban J connectivity index is 1.51. The fraction of sp³-hybridized carbons (Fsp3) is 0.471. The van der Waals surface area contributed by atoms with Gasteiger partial charge in [-0.2, -0.15) is 0 Å². The molecule has 0 aliphatic carbocycles. The van der Waals surface area contributed by atoms with Crippen LogP contribution in [0.3, 0.4) is 0 Å². The van der Waals surface area contributed by atoms with Crippen molar-refractivity contribution in [3.05, 3.63) is 29.8 Å². The van der Waals surface area contributed by atoms with Crippen molar-refractivity contribution >= 4 is 23.4 Å². The summed E-state index contributed by atoms with van der Waals surface area (Å²) >= 11 is 0. The third-order valence-electron chi connectivity index (χ3n) is 4.26. The first kappa shape index (κ1) is 16.4. The third kappa shape index (κ3) is 3.91. The molecule has 0 radical (unpaired) electrons. The number of hydrogen-bond acceptors (Lipinski definition) is 4. The Morgan fingerprint density at radius 2 is 2.12 bits per heavy atom. The molecule has 7 heteroatoms. The van der Waals surface area contributed by atoms with Crippen molar-refractivity contribution in [2.24, 2.45) is 0 Å². The van der Waals surface area contributed by atoms with Crippen LogP contribution in [0.15, 0.2) is 24.3 Å². The zero-order valence-corrected chi connectivity index (χ0v) is 13.3. The molecule has 2 atom stereocenters. The molecule has 1 aromatic rings. The molecule has 24 heavy (non-hydrogen) atoms. The molecule has 3 N–H and O–H groups in total. The van der Waals surface area contributed by atoms with Crippen molar-refractivity contribution in [1.82, 2.24) is 10.6 Å². The van der Waals surface area contributed by atoms with E-state index >= 15 is 0 Å². The average Bonchev–Trinajstić information content (AvgIpc) is 3.06. The highest BCUT2D eigenvalue weighted by molar-refractivity contribution is 6.09. The molecule has 2 aliphatic rings. The summed E-state index contributed by atoms with van der Waals surface area (Å²) < 4.78 is 5.45. The maximum absolute atomic E-state index is 12.2. The minimum Gasteiger partial charge on any atom is -0.376 e. The number of carbonyl (C=O) groups is 3.